The molecule has 6 rings (SSSR count). The van der Waals surface area contributed by atoms with Crippen molar-refractivity contribution in [2.24, 2.45) is 11.8 Å². The van der Waals surface area contributed by atoms with Crippen LogP contribution in [-0.2, 0) is 0 Å². The average molecular weight is 481 g/mol. The second kappa shape index (κ2) is 9.34. The number of hydrogen-bond acceptors (Lipinski definition) is 4. The van der Waals surface area contributed by atoms with E-state index in [1.807, 2.05) is 12.4 Å². The van der Waals surface area contributed by atoms with Crippen molar-refractivity contribution in [1.29, 1.82) is 0 Å². The van der Waals surface area contributed by atoms with Crippen molar-refractivity contribution in [2.45, 2.75) is 64.7 Å². The highest BCUT2D eigenvalue weighted by atomic mass is 15.1. The molecule has 0 spiro atoms. The summed E-state index contributed by atoms with van der Waals surface area (Å²) in [6.45, 7) is 9.10. The lowest BCUT2D eigenvalue weighted by atomic mass is 10.0. The predicted molar refractivity (Wildman–Crippen MR) is 145 cm³/mol. The molecule has 6 nitrogen and oxygen atoms in total. The van der Waals surface area contributed by atoms with Crippen LogP contribution in [0.3, 0.4) is 0 Å². The first-order valence-electron chi connectivity index (χ1n) is 13.3. The Kier molecular flexibility index (Phi) is 6.02. The van der Waals surface area contributed by atoms with Gasteiger partial charge >= 0.3 is 0 Å². The highest BCUT2D eigenvalue weighted by molar-refractivity contribution is 5.71. The van der Waals surface area contributed by atoms with Gasteiger partial charge in [0.2, 0.25) is 0 Å². The molecule has 2 aliphatic heterocycles. The van der Waals surface area contributed by atoms with Crippen molar-refractivity contribution >= 4 is 0 Å². The fraction of sp³-hybridized carbons (Fsp3) is 0.400. The van der Waals surface area contributed by atoms with Crippen molar-refractivity contribution in [2.75, 3.05) is 0 Å². The molecule has 0 bridgehead atoms. The number of hydrogen-bond donors (Lipinski definition) is 4. The summed E-state index contributed by atoms with van der Waals surface area (Å²) in [5, 5.41) is 7.29. The van der Waals surface area contributed by atoms with Gasteiger partial charge in [0.25, 0.3) is 0 Å². The Morgan fingerprint density at radius 3 is 1.25 bits per heavy atom. The highest BCUT2D eigenvalue weighted by Gasteiger charge is 2.31. The summed E-state index contributed by atoms with van der Waals surface area (Å²) in [7, 11) is 0. The zero-order valence-corrected chi connectivity index (χ0v) is 21.5. The maximum atomic E-state index is 4.67. The number of rotatable bonds is 5. The molecule has 2 aromatic carbocycles. The van der Waals surface area contributed by atoms with E-state index in [0.717, 1.165) is 47.0 Å². The Hall–Kier alpha value is -3.22. The standard InChI is InChI=1S/C30H36N6/c1-17-13-25(33-19(17)3)29-31-15-27(35-29)23-9-5-21(6-10-23)22-7-11-24(12-8-22)28-16-32-30(36-28)26-14-18(2)20(4)34-26/h5-12,15-20,25-26,33-34H,13-14H2,1-4H3,(H,31,35)(H,32,36)/t17-,18-,19-,20-,25?,26?/m0/s1. The lowest BCUT2D eigenvalue weighted by Gasteiger charge is -2.09. The van der Waals surface area contributed by atoms with Gasteiger partial charge in [-0.3, -0.25) is 0 Å². The van der Waals surface area contributed by atoms with Gasteiger partial charge in [-0.2, -0.15) is 0 Å². The molecule has 0 aliphatic carbocycles. The number of imidazole rings is 2. The van der Waals surface area contributed by atoms with Crippen molar-refractivity contribution in [3.63, 3.8) is 0 Å². The predicted octanol–water partition coefficient (Wildman–Crippen LogP) is 6.25. The number of nitrogens with zero attached hydrogens (tertiary/aromatic N) is 2. The Morgan fingerprint density at radius 2 is 0.917 bits per heavy atom. The molecule has 4 aromatic rings. The largest absolute Gasteiger partial charge is 0.341 e. The molecule has 4 heterocycles. The molecule has 0 saturated carbocycles. The summed E-state index contributed by atoms with van der Waals surface area (Å²) in [5.74, 6) is 3.41. The van der Waals surface area contributed by atoms with Crippen molar-refractivity contribution in [3.8, 4) is 33.6 Å². The van der Waals surface area contributed by atoms with E-state index in [0.29, 0.717) is 36.0 Å². The minimum atomic E-state index is 0.314. The quantitative estimate of drug-likeness (QED) is 0.272. The zero-order valence-electron chi connectivity index (χ0n) is 21.5. The van der Waals surface area contributed by atoms with Gasteiger partial charge in [0, 0.05) is 12.1 Å². The summed E-state index contributed by atoms with van der Waals surface area (Å²) < 4.78 is 0. The Bertz CT molecular complexity index is 1190. The summed E-state index contributed by atoms with van der Waals surface area (Å²) in [4.78, 5) is 16.4. The summed E-state index contributed by atoms with van der Waals surface area (Å²) in [6, 6.07) is 19.1. The van der Waals surface area contributed by atoms with Gasteiger partial charge in [0.15, 0.2) is 0 Å². The lowest BCUT2D eigenvalue weighted by molar-refractivity contribution is 0.516. The van der Waals surface area contributed by atoms with Gasteiger partial charge in [-0.1, -0.05) is 62.4 Å². The molecule has 4 N–H and O–H groups in total. The molecule has 2 aliphatic rings. The van der Waals surface area contributed by atoms with Gasteiger partial charge in [-0.25, -0.2) is 9.97 Å². The molecule has 36 heavy (non-hydrogen) atoms. The van der Waals surface area contributed by atoms with Crippen molar-refractivity contribution in [1.82, 2.24) is 30.6 Å². The van der Waals surface area contributed by atoms with Crippen LogP contribution in [0.4, 0.5) is 0 Å². The fourth-order valence-corrected chi connectivity index (χ4v) is 5.64. The highest BCUT2D eigenvalue weighted by Crippen LogP contribution is 2.33. The average Bonchev–Trinajstić information content (AvgIpc) is 3.68. The molecule has 2 saturated heterocycles. The minimum absolute atomic E-state index is 0.314. The first kappa shape index (κ1) is 23.2. The molecule has 2 fully saturated rings. The zero-order chi connectivity index (χ0) is 24.8. The lowest BCUT2D eigenvalue weighted by Crippen LogP contribution is -2.24. The van der Waals surface area contributed by atoms with E-state index >= 15 is 0 Å². The number of aromatic nitrogens is 4. The van der Waals surface area contributed by atoms with Gasteiger partial charge < -0.3 is 20.6 Å². The molecule has 186 valence electrons. The van der Waals surface area contributed by atoms with Crippen LogP contribution in [0.15, 0.2) is 60.9 Å². The van der Waals surface area contributed by atoms with E-state index in [-0.39, 0.29) is 0 Å². The second-order valence-electron chi connectivity index (χ2n) is 11.0. The molecular formula is C30H36N6. The Labute approximate surface area is 213 Å². The van der Waals surface area contributed by atoms with Crippen LogP contribution >= 0.6 is 0 Å². The molecule has 2 unspecified atom stereocenters. The monoisotopic (exact) mass is 480 g/mol. The maximum absolute atomic E-state index is 4.67. The van der Waals surface area contributed by atoms with Crippen molar-refractivity contribution in [3.05, 3.63) is 72.6 Å². The normalized spacial score (nSPS) is 28.1. The minimum Gasteiger partial charge on any atom is -0.341 e. The van der Waals surface area contributed by atoms with Crippen LogP contribution in [-0.4, -0.2) is 32.0 Å². The Balaban J connectivity index is 1.14. The SMILES string of the molecule is C[C@@H]1NC(c2ncc(-c3ccc(-c4ccc(-c5cnc(C6C[C@H](C)[C@H](C)N6)[nH]5)cc4)cc3)[nH]2)C[C@@H]1C. The number of H-pyrrole nitrogens is 2. The van der Waals surface area contributed by atoms with Crippen LogP contribution in [0.1, 0.15) is 64.3 Å². The van der Waals surface area contributed by atoms with E-state index in [2.05, 4.69) is 107 Å². The van der Waals surface area contributed by atoms with Crippen LogP contribution < -0.4 is 10.6 Å². The van der Waals surface area contributed by atoms with Gasteiger partial charge in [-0.15, -0.1) is 0 Å². The summed E-state index contributed by atoms with van der Waals surface area (Å²) in [5.41, 5.74) is 6.85. The van der Waals surface area contributed by atoms with Crippen LogP contribution in [0.25, 0.3) is 33.6 Å². The molecule has 6 heteroatoms. The molecule has 6 atom stereocenters. The van der Waals surface area contributed by atoms with E-state index in [1.165, 1.54) is 11.1 Å². The number of aromatic amines is 2. The van der Waals surface area contributed by atoms with Crippen LogP contribution in [0.5, 0.6) is 0 Å². The smallest absolute Gasteiger partial charge is 0.123 e. The van der Waals surface area contributed by atoms with Crippen molar-refractivity contribution < 1.29 is 0 Å². The fourth-order valence-electron chi connectivity index (χ4n) is 5.64. The molecule has 0 radical (unpaired) electrons. The number of benzene rings is 2. The third-order valence-corrected chi connectivity index (χ3v) is 8.43. The second-order valence-corrected chi connectivity index (χ2v) is 11.0. The molecule has 0 amide bonds. The van der Waals surface area contributed by atoms with Crippen LogP contribution in [0, 0.1) is 11.8 Å². The third kappa shape index (κ3) is 4.40. The van der Waals surface area contributed by atoms with E-state index in [9.17, 15) is 0 Å². The topological polar surface area (TPSA) is 81.4 Å². The Morgan fingerprint density at radius 1 is 0.556 bits per heavy atom. The molecule has 2 aromatic heterocycles. The van der Waals surface area contributed by atoms with Gasteiger partial charge in [-0.05, 0) is 60.8 Å². The van der Waals surface area contributed by atoms with Gasteiger partial charge in [0.05, 0.1) is 35.9 Å². The van der Waals surface area contributed by atoms with Crippen LogP contribution in [0.2, 0.25) is 0 Å². The van der Waals surface area contributed by atoms with Gasteiger partial charge in [0.1, 0.15) is 11.6 Å². The maximum Gasteiger partial charge on any atom is 0.123 e. The first-order chi connectivity index (χ1) is 17.4. The summed E-state index contributed by atoms with van der Waals surface area (Å²) >= 11 is 0. The van der Waals surface area contributed by atoms with E-state index in [4.69, 9.17) is 0 Å². The number of nitrogens with one attached hydrogen (secondary N) is 4. The third-order valence-electron chi connectivity index (χ3n) is 8.43. The first-order valence-corrected chi connectivity index (χ1v) is 13.3. The molecular weight excluding hydrogens is 444 g/mol. The van der Waals surface area contributed by atoms with E-state index < -0.39 is 0 Å². The summed E-state index contributed by atoms with van der Waals surface area (Å²) in [6.07, 6.45) is 6.16. The van der Waals surface area contributed by atoms with E-state index in [1.54, 1.807) is 0 Å².